The van der Waals surface area contributed by atoms with Crippen LogP contribution in [0.1, 0.15) is 43.1 Å². The van der Waals surface area contributed by atoms with Crippen molar-refractivity contribution >= 4 is 23.2 Å². The second-order valence-electron chi connectivity index (χ2n) is 6.89. The molecule has 2 aromatic rings. The molecule has 1 amide bonds. The first-order chi connectivity index (χ1) is 12.6. The fourth-order valence-electron chi connectivity index (χ4n) is 3.35. The van der Waals surface area contributed by atoms with Crippen LogP contribution in [0.3, 0.4) is 0 Å². The number of likely N-dealkylation sites (tertiary alicyclic amines) is 1. The number of rotatable bonds is 5. The molecule has 6 nitrogen and oxygen atoms in total. The predicted octanol–water partition coefficient (Wildman–Crippen LogP) is 3.69. The lowest BCUT2D eigenvalue weighted by atomic mass is 9.99. The highest BCUT2D eigenvalue weighted by atomic mass is 16.2. The maximum absolute atomic E-state index is 12.9. The van der Waals surface area contributed by atoms with Gasteiger partial charge in [-0.1, -0.05) is 6.92 Å². The molecule has 1 unspecified atom stereocenters. The smallest absolute Gasteiger partial charge is 0.272 e. The van der Waals surface area contributed by atoms with Crippen molar-refractivity contribution in [2.45, 2.75) is 38.6 Å². The molecular formula is C20H27N5O. The Morgan fingerprint density at radius 2 is 2.00 bits per heavy atom. The summed E-state index contributed by atoms with van der Waals surface area (Å²) in [5.74, 6) is 0.448. The lowest BCUT2D eigenvalue weighted by molar-refractivity contribution is 0.0602. The first-order valence-corrected chi connectivity index (χ1v) is 9.27. The van der Waals surface area contributed by atoms with Crippen LogP contribution in [0.4, 0.5) is 17.3 Å². The number of carbonyl (C=O) groups is 1. The van der Waals surface area contributed by atoms with Gasteiger partial charge in [-0.3, -0.25) is 4.79 Å². The second kappa shape index (κ2) is 8.17. The third-order valence-electron chi connectivity index (χ3n) is 4.87. The van der Waals surface area contributed by atoms with Gasteiger partial charge in [0, 0.05) is 44.3 Å². The summed E-state index contributed by atoms with van der Waals surface area (Å²) in [5, 5.41) is 3.18. The number of hydrogen-bond donors (Lipinski definition) is 1. The van der Waals surface area contributed by atoms with Crippen LogP contribution in [0.2, 0.25) is 0 Å². The largest absolute Gasteiger partial charge is 0.378 e. The van der Waals surface area contributed by atoms with Crippen LogP contribution in [-0.4, -0.2) is 47.5 Å². The molecule has 1 aliphatic heterocycles. The number of anilines is 3. The fourth-order valence-corrected chi connectivity index (χ4v) is 3.35. The number of hydrogen-bond acceptors (Lipinski definition) is 5. The van der Waals surface area contributed by atoms with E-state index in [1.54, 1.807) is 12.3 Å². The lowest BCUT2D eigenvalue weighted by Crippen LogP contribution is -2.43. The molecule has 0 radical (unpaired) electrons. The van der Waals surface area contributed by atoms with Crippen LogP contribution >= 0.6 is 0 Å². The molecule has 0 spiro atoms. The van der Waals surface area contributed by atoms with Gasteiger partial charge in [0.2, 0.25) is 5.95 Å². The van der Waals surface area contributed by atoms with Gasteiger partial charge >= 0.3 is 0 Å². The van der Waals surface area contributed by atoms with E-state index < -0.39 is 0 Å². The molecule has 138 valence electrons. The standard InChI is InChI=1S/C20H27N5O/c1-4-16-7-5-6-14-25(16)19(26)18-12-13-21-20(23-18)22-15-8-10-17(11-9-15)24(2)3/h8-13,16H,4-7,14H2,1-3H3,(H,21,22,23). The summed E-state index contributed by atoms with van der Waals surface area (Å²) in [7, 11) is 4.01. The minimum atomic E-state index is 0.00459. The van der Waals surface area contributed by atoms with Crippen LogP contribution in [0.15, 0.2) is 36.5 Å². The SMILES string of the molecule is CCC1CCCCN1C(=O)c1ccnc(Nc2ccc(N(C)C)cc2)n1. The summed E-state index contributed by atoms with van der Waals surface area (Å²) in [6, 6.07) is 10.0. The van der Waals surface area contributed by atoms with Crippen LogP contribution in [0.5, 0.6) is 0 Å². The molecule has 1 aromatic heterocycles. The van der Waals surface area contributed by atoms with E-state index in [0.717, 1.165) is 37.2 Å². The highest BCUT2D eigenvalue weighted by Gasteiger charge is 2.27. The van der Waals surface area contributed by atoms with E-state index in [1.165, 1.54) is 6.42 Å². The molecule has 26 heavy (non-hydrogen) atoms. The Bertz CT molecular complexity index is 744. The zero-order chi connectivity index (χ0) is 18.5. The van der Waals surface area contributed by atoms with E-state index in [4.69, 9.17) is 0 Å². The summed E-state index contributed by atoms with van der Waals surface area (Å²) in [6.45, 7) is 2.96. The minimum Gasteiger partial charge on any atom is -0.378 e. The van der Waals surface area contributed by atoms with Crippen LogP contribution < -0.4 is 10.2 Å². The monoisotopic (exact) mass is 353 g/mol. The Balaban J connectivity index is 1.74. The number of nitrogens with zero attached hydrogens (tertiary/aromatic N) is 4. The van der Waals surface area contributed by atoms with Gasteiger partial charge in [-0.2, -0.15) is 0 Å². The normalized spacial score (nSPS) is 17.0. The van der Waals surface area contributed by atoms with Crippen molar-refractivity contribution in [3.8, 4) is 0 Å². The maximum atomic E-state index is 12.9. The maximum Gasteiger partial charge on any atom is 0.272 e. The third kappa shape index (κ3) is 4.12. The molecule has 1 N–H and O–H groups in total. The van der Waals surface area contributed by atoms with Gasteiger partial charge in [0.25, 0.3) is 5.91 Å². The van der Waals surface area contributed by atoms with E-state index in [2.05, 4.69) is 22.2 Å². The molecular weight excluding hydrogens is 326 g/mol. The molecule has 0 aliphatic carbocycles. The van der Waals surface area contributed by atoms with Gasteiger partial charge in [-0.05, 0) is 56.0 Å². The number of nitrogens with one attached hydrogen (secondary N) is 1. The molecule has 1 aliphatic rings. The number of piperidine rings is 1. The van der Waals surface area contributed by atoms with Gasteiger partial charge in [0.15, 0.2) is 0 Å². The summed E-state index contributed by atoms with van der Waals surface area (Å²) in [4.78, 5) is 25.6. The Hall–Kier alpha value is -2.63. The van der Waals surface area contributed by atoms with E-state index in [-0.39, 0.29) is 5.91 Å². The van der Waals surface area contributed by atoms with Gasteiger partial charge in [-0.25, -0.2) is 9.97 Å². The lowest BCUT2D eigenvalue weighted by Gasteiger charge is -2.35. The first-order valence-electron chi connectivity index (χ1n) is 9.27. The predicted molar refractivity (Wildman–Crippen MR) is 105 cm³/mol. The van der Waals surface area contributed by atoms with E-state index >= 15 is 0 Å². The molecule has 1 saturated heterocycles. The van der Waals surface area contributed by atoms with Crippen molar-refractivity contribution in [2.75, 3.05) is 30.9 Å². The molecule has 0 saturated carbocycles. The minimum absolute atomic E-state index is 0.00459. The molecule has 2 heterocycles. The number of benzene rings is 1. The first kappa shape index (κ1) is 18.2. The van der Waals surface area contributed by atoms with Crippen molar-refractivity contribution in [3.63, 3.8) is 0 Å². The quantitative estimate of drug-likeness (QED) is 0.888. The molecule has 1 atom stereocenters. The molecule has 1 aromatic carbocycles. The Kier molecular flexibility index (Phi) is 5.71. The zero-order valence-corrected chi connectivity index (χ0v) is 15.8. The van der Waals surface area contributed by atoms with Crippen molar-refractivity contribution < 1.29 is 4.79 Å². The molecule has 1 fully saturated rings. The number of amides is 1. The summed E-state index contributed by atoms with van der Waals surface area (Å²) < 4.78 is 0. The second-order valence-corrected chi connectivity index (χ2v) is 6.89. The van der Waals surface area contributed by atoms with Crippen molar-refractivity contribution in [1.29, 1.82) is 0 Å². The van der Waals surface area contributed by atoms with E-state index in [1.807, 2.05) is 48.2 Å². The topological polar surface area (TPSA) is 61.4 Å². The van der Waals surface area contributed by atoms with Gasteiger partial charge in [0.1, 0.15) is 5.69 Å². The van der Waals surface area contributed by atoms with Gasteiger partial charge in [-0.15, -0.1) is 0 Å². The Labute approximate surface area is 155 Å². The van der Waals surface area contributed by atoms with Gasteiger partial charge in [0.05, 0.1) is 0 Å². The highest BCUT2D eigenvalue weighted by Crippen LogP contribution is 2.22. The summed E-state index contributed by atoms with van der Waals surface area (Å²) in [6.07, 6.45) is 5.97. The number of carbonyl (C=O) groups excluding carboxylic acids is 1. The van der Waals surface area contributed by atoms with Crippen LogP contribution in [0.25, 0.3) is 0 Å². The molecule has 6 heteroatoms. The van der Waals surface area contributed by atoms with Crippen LogP contribution in [0, 0.1) is 0 Å². The highest BCUT2D eigenvalue weighted by molar-refractivity contribution is 5.92. The number of aromatic nitrogens is 2. The van der Waals surface area contributed by atoms with E-state index in [9.17, 15) is 4.79 Å². The van der Waals surface area contributed by atoms with Gasteiger partial charge < -0.3 is 15.1 Å². The van der Waals surface area contributed by atoms with Crippen molar-refractivity contribution in [3.05, 3.63) is 42.2 Å². The van der Waals surface area contributed by atoms with Crippen molar-refractivity contribution in [1.82, 2.24) is 14.9 Å². The average Bonchev–Trinajstić information content (AvgIpc) is 2.68. The average molecular weight is 353 g/mol. The summed E-state index contributed by atoms with van der Waals surface area (Å²) >= 11 is 0. The molecule has 0 bridgehead atoms. The van der Waals surface area contributed by atoms with E-state index in [0.29, 0.717) is 17.7 Å². The Morgan fingerprint density at radius 3 is 2.69 bits per heavy atom. The zero-order valence-electron chi connectivity index (χ0n) is 15.8. The fraction of sp³-hybridized carbons (Fsp3) is 0.450. The third-order valence-corrected chi connectivity index (χ3v) is 4.87. The van der Waals surface area contributed by atoms with Crippen molar-refractivity contribution in [2.24, 2.45) is 0 Å². The van der Waals surface area contributed by atoms with Crippen LogP contribution in [-0.2, 0) is 0 Å². The molecule has 3 rings (SSSR count). The Morgan fingerprint density at radius 1 is 1.23 bits per heavy atom. The summed E-state index contributed by atoms with van der Waals surface area (Å²) in [5.41, 5.74) is 2.47.